The first-order valence-corrected chi connectivity index (χ1v) is 17.2. The fraction of sp³-hybridized carbons (Fsp3) is 0.290. The summed E-state index contributed by atoms with van der Waals surface area (Å²) in [7, 11) is -3.34. The molecule has 0 amide bonds. The summed E-state index contributed by atoms with van der Waals surface area (Å²) >= 11 is 0. The molecule has 0 bridgehead atoms. The molecule has 1 nitrogen and oxygen atoms in total. The molecular formula is C31H40NSi2. The van der Waals surface area contributed by atoms with Crippen LogP contribution in [0.2, 0.25) is 19.6 Å². The SMILES string of the molecule is C=C(c1ccccc1)[Si](C(=C)c1ccccc1)N(c1c(C(C)C)cccc1C(C)C)[Si](C)(C)C. The van der Waals surface area contributed by atoms with Crippen molar-refractivity contribution in [2.75, 3.05) is 4.23 Å². The Morgan fingerprint density at radius 3 is 1.35 bits per heavy atom. The molecule has 34 heavy (non-hydrogen) atoms. The number of para-hydroxylation sites is 1. The zero-order chi connectivity index (χ0) is 25.0. The number of rotatable bonds is 9. The van der Waals surface area contributed by atoms with E-state index in [2.05, 4.69) is 130 Å². The summed E-state index contributed by atoms with van der Waals surface area (Å²) in [5.74, 6) is 0.872. The van der Waals surface area contributed by atoms with Crippen molar-refractivity contribution in [3.63, 3.8) is 0 Å². The highest BCUT2D eigenvalue weighted by molar-refractivity contribution is 7.07. The molecule has 3 heteroatoms. The van der Waals surface area contributed by atoms with Crippen molar-refractivity contribution in [3.8, 4) is 0 Å². The molecule has 0 heterocycles. The summed E-state index contributed by atoms with van der Waals surface area (Å²) in [6, 6.07) is 28.3. The van der Waals surface area contributed by atoms with Crippen molar-refractivity contribution in [2.24, 2.45) is 0 Å². The van der Waals surface area contributed by atoms with Crippen molar-refractivity contribution < 1.29 is 0 Å². The molecule has 0 aliphatic rings. The van der Waals surface area contributed by atoms with Gasteiger partial charge in [0.15, 0.2) is 0 Å². The summed E-state index contributed by atoms with van der Waals surface area (Å²) in [5, 5.41) is 2.41. The van der Waals surface area contributed by atoms with Gasteiger partial charge in [0.1, 0.15) is 8.24 Å². The molecule has 0 N–H and O–H groups in total. The molecule has 0 aliphatic carbocycles. The van der Waals surface area contributed by atoms with Gasteiger partial charge < -0.3 is 4.23 Å². The Hall–Kier alpha value is -2.63. The molecule has 0 saturated heterocycles. The monoisotopic (exact) mass is 482 g/mol. The molecular weight excluding hydrogens is 443 g/mol. The van der Waals surface area contributed by atoms with E-state index in [1.54, 1.807) is 0 Å². The average molecular weight is 483 g/mol. The lowest BCUT2D eigenvalue weighted by atomic mass is 9.93. The lowest BCUT2D eigenvalue weighted by molar-refractivity contribution is 0.835. The van der Waals surface area contributed by atoms with Crippen LogP contribution in [0.5, 0.6) is 0 Å². The molecule has 0 unspecified atom stereocenters. The summed E-state index contributed by atoms with van der Waals surface area (Å²) < 4.78 is 2.83. The van der Waals surface area contributed by atoms with Gasteiger partial charge in [0, 0.05) is 5.69 Å². The predicted molar refractivity (Wildman–Crippen MR) is 157 cm³/mol. The minimum atomic E-state index is -1.88. The van der Waals surface area contributed by atoms with E-state index in [-0.39, 0.29) is 0 Å². The zero-order valence-corrected chi connectivity index (χ0v) is 24.0. The molecule has 0 aromatic heterocycles. The van der Waals surface area contributed by atoms with Crippen LogP contribution in [-0.4, -0.2) is 17.2 Å². The van der Waals surface area contributed by atoms with Crippen LogP contribution in [0.25, 0.3) is 10.4 Å². The van der Waals surface area contributed by atoms with Crippen LogP contribution >= 0.6 is 0 Å². The molecule has 0 atom stereocenters. The molecule has 0 aliphatic heterocycles. The van der Waals surface area contributed by atoms with Crippen LogP contribution in [0.15, 0.2) is 92.0 Å². The number of nitrogens with zero attached hydrogens (tertiary/aromatic N) is 1. The summed E-state index contributed by atoms with van der Waals surface area (Å²) in [6.07, 6.45) is 0. The summed E-state index contributed by atoms with van der Waals surface area (Å²) in [5.41, 5.74) is 6.71. The molecule has 177 valence electrons. The largest absolute Gasteiger partial charge is 0.417 e. The topological polar surface area (TPSA) is 3.24 Å². The maximum atomic E-state index is 4.75. The first-order chi connectivity index (χ1) is 16.0. The fourth-order valence-electron chi connectivity index (χ4n) is 4.56. The van der Waals surface area contributed by atoms with Crippen molar-refractivity contribution in [1.82, 2.24) is 0 Å². The van der Waals surface area contributed by atoms with E-state index in [1.807, 2.05) is 0 Å². The normalized spacial score (nSPS) is 11.8. The van der Waals surface area contributed by atoms with Gasteiger partial charge in [0.05, 0.1) is 0 Å². The number of benzene rings is 3. The Labute approximate surface area is 210 Å². The maximum Gasteiger partial charge on any atom is 0.233 e. The van der Waals surface area contributed by atoms with Gasteiger partial charge in [-0.05, 0) is 44.5 Å². The minimum Gasteiger partial charge on any atom is -0.417 e. The Morgan fingerprint density at radius 1 is 0.647 bits per heavy atom. The Bertz CT molecular complexity index is 1050. The molecule has 3 aromatic rings. The van der Waals surface area contributed by atoms with E-state index in [4.69, 9.17) is 13.2 Å². The van der Waals surface area contributed by atoms with Crippen LogP contribution in [0.4, 0.5) is 5.69 Å². The third kappa shape index (κ3) is 5.53. The van der Waals surface area contributed by atoms with Gasteiger partial charge in [0.2, 0.25) is 8.96 Å². The van der Waals surface area contributed by atoms with Crippen LogP contribution in [0.1, 0.15) is 61.8 Å². The molecule has 3 aromatic carbocycles. The smallest absolute Gasteiger partial charge is 0.233 e. The molecule has 1 radical (unpaired) electrons. The van der Waals surface area contributed by atoms with Crippen molar-refractivity contribution in [1.29, 1.82) is 0 Å². The van der Waals surface area contributed by atoms with Gasteiger partial charge in [-0.25, -0.2) is 0 Å². The summed E-state index contributed by atoms with van der Waals surface area (Å²) in [4.78, 5) is 0. The zero-order valence-electron chi connectivity index (χ0n) is 22.0. The minimum absolute atomic E-state index is 0.436. The summed E-state index contributed by atoms with van der Waals surface area (Å²) in [6.45, 7) is 26.2. The van der Waals surface area contributed by atoms with Crippen molar-refractivity contribution in [2.45, 2.75) is 59.2 Å². The van der Waals surface area contributed by atoms with Gasteiger partial charge in [0.25, 0.3) is 0 Å². The third-order valence-corrected chi connectivity index (χ3v) is 12.9. The van der Waals surface area contributed by atoms with Crippen molar-refractivity contribution >= 4 is 33.3 Å². The molecule has 0 fully saturated rings. The number of anilines is 1. The highest BCUT2D eigenvalue weighted by atomic mass is 28.4. The van der Waals surface area contributed by atoms with Gasteiger partial charge in [-0.15, -0.1) is 0 Å². The number of hydrogen-bond acceptors (Lipinski definition) is 1. The van der Waals surface area contributed by atoms with Gasteiger partial charge in [-0.2, -0.15) is 0 Å². The average Bonchev–Trinajstić information content (AvgIpc) is 2.81. The van der Waals surface area contributed by atoms with Crippen LogP contribution < -0.4 is 4.23 Å². The second kappa shape index (κ2) is 10.8. The lowest BCUT2D eigenvalue weighted by Gasteiger charge is -2.46. The van der Waals surface area contributed by atoms with E-state index in [0.717, 1.165) is 0 Å². The first kappa shape index (κ1) is 26.0. The van der Waals surface area contributed by atoms with Crippen LogP contribution in [0, 0.1) is 0 Å². The van der Waals surface area contributed by atoms with E-state index in [9.17, 15) is 0 Å². The Kier molecular flexibility index (Phi) is 8.22. The standard InChI is InChI=1S/C31H40NSi2/c1-23(2)29-21-16-22-30(24(3)4)31(29)32(34(7,8)9)33(25(5)27-17-12-10-13-18-27)26(6)28-19-14-11-15-20-28/h10-24H,5-6H2,1-4,7-9H3. The van der Waals surface area contributed by atoms with Gasteiger partial charge >= 0.3 is 0 Å². The van der Waals surface area contributed by atoms with Gasteiger partial charge in [-0.1, -0.05) is 139 Å². The van der Waals surface area contributed by atoms with Crippen LogP contribution in [0.3, 0.4) is 0 Å². The maximum absolute atomic E-state index is 4.75. The predicted octanol–water partition coefficient (Wildman–Crippen LogP) is 9.07. The fourth-order valence-corrected chi connectivity index (χ4v) is 11.2. The highest BCUT2D eigenvalue weighted by Crippen LogP contribution is 2.42. The third-order valence-electron chi connectivity index (χ3n) is 6.28. The van der Waals surface area contributed by atoms with E-state index in [0.29, 0.717) is 11.8 Å². The van der Waals surface area contributed by atoms with E-state index < -0.39 is 17.2 Å². The first-order valence-electron chi connectivity index (χ1n) is 12.3. The number of hydrogen-bond donors (Lipinski definition) is 0. The Balaban J connectivity index is 2.35. The quantitative estimate of drug-likeness (QED) is 0.275. The Morgan fingerprint density at radius 2 is 1.03 bits per heavy atom. The van der Waals surface area contributed by atoms with E-state index >= 15 is 0 Å². The molecule has 3 rings (SSSR count). The second-order valence-corrected chi connectivity index (χ2v) is 18.2. The molecule has 0 spiro atoms. The lowest BCUT2D eigenvalue weighted by Crippen LogP contribution is -2.57. The van der Waals surface area contributed by atoms with Crippen molar-refractivity contribution in [3.05, 3.63) is 114 Å². The van der Waals surface area contributed by atoms with E-state index in [1.165, 1.54) is 38.3 Å². The highest BCUT2D eigenvalue weighted by Gasteiger charge is 2.39. The molecule has 0 saturated carbocycles. The van der Waals surface area contributed by atoms with Crippen LogP contribution in [-0.2, 0) is 0 Å². The van der Waals surface area contributed by atoms with Gasteiger partial charge in [-0.3, -0.25) is 0 Å². The second-order valence-electron chi connectivity index (χ2n) is 10.6.